The summed E-state index contributed by atoms with van der Waals surface area (Å²) in [5, 5.41) is 0. The van der Waals surface area contributed by atoms with Crippen molar-refractivity contribution in [2.24, 2.45) is 17.8 Å². The second-order valence-electron chi connectivity index (χ2n) is 14.3. The van der Waals surface area contributed by atoms with Crippen LogP contribution in [0.2, 0.25) is 0 Å². The molecular formula is C38H39NO5. The Balaban J connectivity index is 1.17. The minimum absolute atomic E-state index is 0.0537. The van der Waals surface area contributed by atoms with Crippen LogP contribution < -0.4 is 4.74 Å². The maximum absolute atomic E-state index is 13.0. The second kappa shape index (κ2) is 10.8. The molecule has 44 heavy (non-hydrogen) atoms. The third kappa shape index (κ3) is 5.36. The molecule has 8 rings (SSSR count). The Morgan fingerprint density at radius 2 is 1.41 bits per heavy atom. The molecule has 0 radical (unpaired) electrons. The minimum Gasteiger partial charge on any atom is -0.472 e. The lowest BCUT2D eigenvalue weighted by atomic mass is 9.48. The van der Waals surface area contributed by atoms with Gasteiger partial charge in [0, 0.05) is 11.6 Å². The van der Waals surface area contributed by atoms with Crippen molar-refractivity contribution in [2.45, 2.75) is 70.3 Å². The van der Waals surface area contributed by atoms with E-state index in [1.54, 1.807) is 30.3 Å². The van der Waals surface area contributed by atoms with E-state index in [1.807, 2.05) is 39.0 Å². The molecule has 0 spiro atoms. The molecule has 0 atom stereocenters. The van der Waals surface area contributed by atoms with Crippen LogP contribution in [0.3, 0.4) is 0 Å². The fourth-order valence-corrected chi connectivity index (χ4v) is 8.47. The Morgan fingerprint density at radius 1 is 0.841 bits per heavy atom. The van der Waals surface area contributed by atoms with E-state index in [1.165, 1.54) is 55.1 Å². The molecule has 4 bridgehead atoms. The molecular weight excluding hydrogens is 550 g/mol. The van der Waals surface area contributed by atoms with Crippen LogP contribution in [-0.2, 0) is 14.9 Å². The van der Waals surface area contributed by atoms with Gasteiger partial charge in [0.1, 0.15) is 11.4 Å². The number of amides is 2. The van der Waals surface area contributed by atoms with Crippen molar-refractivity contribution in [3.8, 4) is 16.9 Å². The van der Waals surface area contributed by atoms with Gasteiger partial charge in [-0.2, -0.15) is 0 Å². The van der Waals surface area contributed by atoms with Crippen molar-refractivity contribution in [3.05, 3.63) is 95.1 Å². The lowest BCUT2D eigenvalue weighted by Gasteiger charge is -2.57. The maximum atomic E-state index is 13.0. The molecule has 0 saturated heterocycles. The van der Waals surface area contributed by atoms with Crippen molar-refractivity contribution < 1.29 is 23.9 Å². The molecule has 6 nitrogen and oxygen atoms in total. The summed E-state index contributed by atoms with van der Waals surface area (Å²) < 4.78 is 11.8. The molecule has 3 aromatic rings. The van der Waals surface area contributed by atoms with Crippen molar-refractivity contribution in [1.82, 2.24) is 4.90 Å². The van der Waals surface area contributed by atoms with Crippen LogP contribution in [0, 0.1) is 17.8 Å². The zero-order valence-corrected chi connectivity index (χ0v) is 25.7. The number of hydrogen-bond donors (Lipinski definition) is 0. The molecule has 0 N–H and O–H groups in total. The first-order valence-corrected chi connectivity index (χ1v) is 15.8. The van der Waals surface area contributed by atoms with Gasteiger partial charge in [-0.1, -0.05) is 42.5 Å². The largest absolute Gasteiger partial charge is 0.472 e. The third-order valence-corrected chi connectivity index (χ3v) is 9.88. The minimum atomic E-state index is -0.528. The predicted molar refractivity (Wildman–Crippen MR) is 169 cm³/mol. The van der Waals surface area contributed by atoms with Gasteiger partial charge in [0.25, 0.3) is 11.8 Å². The highest BCUT2D eigenvalue weighted by atomic mass is 16.6. The van der Waals surface area contributed by atoms with Gasteiger partial charge in [0.15, 0.2) is 6.73 Å². The van der Waals surface area contributed by atoms with Crippen molar-refractivity contribution in [1.29, 1.82) is 0 Å². The van der Waals surface area contributed by atoms with E-state index in [-0.39, 0.29) is 29.9 Å². The Morgan fingerprint density at radius 3 is 1.98 bits per heavy atom. The van der Waals surface area contributed by atoms with Crippen LogP contribution >= 0.6 is 0 Å². The summed E-state index contributed by atoms with van der Waals surface area (Å²) in [6, 6.07) is 21.5. The van der Waals surface area contributed by atoms with Crippen LogP contribution in [0.15, 0.2) is 72.8 Å². The lowest BCUT2D eigenvalue weighted by Crippen LogP contribution is -2.48. The van der Waals surface area contributed by atoms with Gasteiger partial charge in [-0.05, 0) is 129 Å². The number of carbonyl (C=O) groups is 3. The number of carbonyl (C=O) groups excluding carboxylic acids is 3. The smallest absolute Gasteiger partial charge is 0.331 e. The second-order valence-corrected chi connectivity index (χ2v) is 14.3. The van der Waals surface area contributed by atoms with Gasteiger partial charge < -0.3 is 9.47 Å². The Hall–Kier alpha value is -4.19. The SMILES string of the molecule is CC(C)(C)OC(=O)C=Cc1ccc(-c2ccc(OCN3C(=O)c4ccccc4C3=O)c(C34CC5CC(CC(C5)C3)C4)c2)cc1. The molecule has 226 valence electrons. The zero-order chi connectivity index (χ0) is 30.6. The Bertz CT molecular complexity index is 1590. The van der Waals surface area contributed by atoms with E-state index in [9.17, 15) is 14.4 Å². The number of ether oxygens (including phenoxy) is 2. The van der Waals surface area contributed by atoms with E-state index in [2.05, 4.69) is 24.3 Å². The maximum Gasteiger partial charge on any atom is 0.331 e. The number of hydrogen-bond acceptors (Lipinski definition) is 5. The summed E-state index contributed by atoms with van der Waals surface area (Å²) in [6.07, 6.45) is 10.7. The van der Waals surface area contributed by atoms with Gasteiger partial charge in [0.2, 0.25) is 0 Å². The van der Waals surface area contributed by atoms with Gasteiger partial charge in [-0.15, -0.1) is 0 Å². The quantitative estimate of drug-likeness (QED) is 0.160. The molecule has 6 heteroatoms. The topological polar surface area (TPSA) is 72.9 Å². The fourth-order valence-electron chi connectivity index (χ4n) is 8.47. The molecule has 0 unspecified atom stereocenters. The van der Waals surface area contributed by atoms with E-state index < -0.39 is 5.60 Å². The summed E-state index contributed by atoms with van der Waals surface area (Å²) in [6.45, 7) is 5.45. The Kier molecular flexibility index (Phi) is 6.99. The first-order chi connectivity index (χ1) is 21.1. The molecule has 3 aromatic carbocycles. The van der Waals surface area contributed by atoms with E-state index in [0.29, 0.717) is 11.1 Å². The lowest BCUT2D eigenvalue weighted by molar-refractivity contribution is -0.148. The van der Waals surface area contributed by atoms with Gasteiger partial charge in [-0.3, -0.25) is 9.59 Å². The highest BCUT2D eigenvalue weighted by Gasteiger charge is 2.52. The average molecular weight is 590 g/mol. The predicted octanol–water partition coefficient (Wildman–Crippen LogP) is 7.81. The van der Waals surface area contributed by atoms with E-state index in [0.717, 1.165) is 40.2 Å². The van der Waals surface area contributed by atoms with E-state index in [4.69, 9.17) is 9.47 Å². The van der Waals surface area contributed by atoms with Crippen molar-refractivity contribution in [2.75, 3.05) is 6.73 Å². The summed E-state index contributed by atoms with van der Waals surface area (Å²) in [5.74, 6) is 2.06. The van der Waals surface area contributed by atoms with Crippen LogP contribution in [0.5, 0.6) is 5.75 Å². The van der Waals surface area contributed by atoms with E-state index >= 15 is 0 Å². The van der Waals surface area contributed by atoms with Gasteiger partial charge in [-0.25, -0.2) is 9.69 Å². The number of fused-ring (bicyclic) bond motifs is 1. The van der Waals surface area contributed by atoms with Gasteiger partial charge in [0.05, 0.1) is 11.1 Å². The third-order valence-electron chi connectivity index (χ3n) is 9.88. The fraction of sp³-hybridized carbons (Fsp3) is 0.395. The van der Waals surface area contributed by atoms with Gasteiger partial charge >= 0.3 is 5.97 Å². The number of rotatable bonds is 7. The first kappa shape index (κ1) is 28.6. The molecule has 4 fully saturated rings. The molecule has 4 aliphatic carbocycles. The summed E-state index contributed by atoms with van der Waals surface area (Å²) in [5.41, 5.74) is 4.70. The molecule has 1 aliphatic heterocycles. The molecule has 0 aromatic heterocycles. The van der Waals surface area contributed by atoms with Crippen LogP contribution in [0.4, 0.5) is 0 Å². The monoisotopic (exact) mass is 589 g/mol. The summed E-state index contributed by atoms with van der Waals surface area (Å²) >= 11 is 0. The Labute approximate surface area is 259 Å². The number of imide groups is 1. The van der Waals surface area contributed by atoms with Crippen molar-refractivity contribution in [3.63, 3.8) is 0 Å². The standard InChI is InChI=1S/C38H39NO5/c1-37(2,3)44-34(40)15-10-24-8-11-28(12-9-24)29-13-14-33(43-23-39-35(41)30-6-4-5-7-31(30)36(39)42)32(19-29)38-20-25-16-26(21-38)18-27(17-25)22-38/h4-15,19,25-27H,16-18,20-23H2,1-3H3. The first-order valence-electron chi connectivity index (χ1n) is 15.8. The number of benzene rings is 3. The van der Waals surface area contributed by atoms with Crippen molar-refractivity contribution >= 4 is 23.9 Å². The van der Waals surface area contributed by atoms with Crippen LogP contribution in [0.1, 0.15) is 91.1 Å². The highest BCUT2D eigenvalue weighted by molar-refractivity contribution is 6.21. The molecule has 1 heterocycles. The number of nitrogens with zero attached hydrogens (tertiary/aromatic N) is 1. The number of esters is 1. The van der Waals surface area contributed by atoms with Crippen LogP contribution in [-0.4, -0.2) is 35.0 Å². The summed E-state index contributed by atoms with van der Waals surface area (Å²) in [4.78, 5) is 39.4. The normalized spacial score (nSPS) is 25.5. The van der Waals surface area contributed by atoms with Crippen LogP contribution in [0.25, 0.3) is 17.2 Å². The molecule has 2 amide bonds. The molecule has 5 aliphatic rings. The molecule has 4 saturated carbocycles. The average Bonchev–Trinajstić information content (AvgIpc) is 3.22. The zero-order valence-electron chi connectivity index (χ0n) is 25.7. The highest BCUT2D eigenvalue weighted by Crippen LogP contribution is 2.62. The summed E-state index contributed by atoms with van der Waals surface area (Å²) in [7, 11) is 0.